The Hall–Kier alpha value is -1.58. The van der Waals surface area contributed by atoms with Crippen molar-refractivity contribution in [2.75, 3.05) is 0 Å². The predicted molar refractivity (Wildman–Crippen MR) is 59.8 cm³/mol. The number of nitrogens with zero attached hydrogens (tertiary/aromatic N) is 2. The fraction of sp³-hybridized carbons (Fsp3) is 0.500. The average Bonchev–Trinajstić information content (AvgIpc) is 2.58. The van der Waals surface area contributed by atoms with Gasteiger partial charge in [-0.1, -0.05) is 13.0 Å². The van der Waals surface area contributed by atoms with Gasteiger partial charge in [0.2, 0.25) is 0 Å². The first-order valence-corrected chi connectivity index (χ1v) is 5.59. The van der Waals surface area contributed by atoms with Crippen molar-refractivity contribution in [3.63, 3.8) is 0 Å². The van der Waals surface area contributed by atoms with Crippen molar-refractivity contribution < 1.29 is 9.53 Å². The minimum Gasteiger partial charge on any atom is -0.444 e. The number of hydrogen-bond acceptors (Lipinski definition) is 3. The number of aromatic nitrogens is 1. The van der Waals surface area contributed by atoms with Crippen LogP contribution in [0.1, 0.15) is 26.0 Å². The Kier molecular flexibility index (Phi) is 3.08. The standard InChI is InChI=1S/C12H16N2O2/c1-3-11-9(2)14(12(15)16-11)8-10-6-4-5-7-13-10/h4-7,9,11H,3,8H2,1-2H3/t9-,11-/m1/s1. The summed E-state index contributed by atoms with van der Waals surface area (Å²) < 4.78 is 5.27. The molecule has 1 aromatic rings. The molecule has 0 spiro atoms. The molecule has 2 heterocycles. The topological polar surface area (TPSA) is 42.4 Å². The third-order valence-corrected chi connectivity index (χ3v) is 2.98. The smallest absolute Gasteiger partial charge is 0.410 e. The van der Waals surface area contributed by atoms with Gasteiger partial charge in [0.05, 0.1) is 18.3 Å². The zero-order valence-electron chi connectivity index (χ0n) is 9.59. The van der Waals surface area contributed by atoms with Gasteiger partial charge >= 0.3 is 6.09 Å². The van der Waals surface area contributed by atoms with Crippen LogP contribution in [-0.2, 0) is 11.3 Å². The summed E-state index contributed by atoms with van der Waals surface area (Å²) in [7, 11) is 0. The molecule has 0 bridgehead atoms. The van der Waals surface area contributed by atoms with E-state index in [9.17, 15) is 4.79 Å². The molecule has 1 fully saturated rings. The zero-order chi connectivity index (χ0) is 11.5. The normalized spacial score (nSPS) is 24.6. The molecular weight excluding hydrogens is 204 g/mol. The monoisotopic (exact) mass is 220 g/mol. The van der Waals surface area contributed by atoms with Crippen LogP contribution in [0.4, 0.5) is 4.79 Å². The lowest BCUT2D eigenvalue weighted by molar-refractivity contribution is 0.128. The highest BCUT2D eigenvalue weighted by molar-refractivity contribution is 5.70. The molecule has 4 heteroatoms. The Morgan fingerprint density at radius 1 is 1.50 bits per heavy atom. The van der Waals surface area contributed by atoms with Crippen LogP contribution in [0.2, 0.25) is 0 Å². The van der Waals surface area contributed by atoms with E-state index < -0.39 is 0 Å². The molecule has 1 saturated heterocycles. The number of amides is 1. The van der Waals surface area contributed by atoms with Gasteiger partial charge < -0.3 is 4.74 Å². The summed E-state index contributed by atoms with van der Waals surface area (Å²) in [6.07, 6.45) is 2.37. The lowest BCUT2D eigenvalue weighted by Gasteiger charge is -2.19. The van der Waals surface area contributed by atoms with E-state index in [4.69, 9.17) is 4.74 Å². The van der Waals surface area contributed by atoms with Crippen molar-refractivity contribution in [1.82, 2.24) is 9.88 Å². The van der Waals surface area contributed by atoms with E-state index in [-0.39, 0.29) is 18.2 Å². The summed E-state index contributed by atoms with van der Waals surface area (Å²) in [5.74, 6) is 0. The lowest BCUT2D eigenvalue weighted by Crippen LogP contribution is -2.33. The maximum absolute atomic E-state index is 11.6. The third-order valence-electron chi connectivity index (χ3n) is 2.98. The van der Waals surface area contributed by atoms with Crippen molar-refractivity contribution in [2.24, 2.45) is 0 Å². The summed E-state index contributed by atoms with van der Waals surface area (Å²) in [6.45, 7) is 4.57. The van der Waals surface area contributed by atoms with Gasteiger partial charge in [0.1, 0.15) is 6.10 Å². The maximum Gasteiger partial charge on any atom is 0.410 e. The van der Waals surface area contributed by atoms with E-state index in [1.807, 2.05) is 32.0 Å². The van der Waals surface area contributed by atoms with Gasteiger partial charge in [-0.2, -0.15) is 0 Å². The molecule has 1 aliphatic heterocycles. The molecule has 0 unspecified atom stereocenters. The third kappa shape index (κ3) is 2.01. The van der Waals surface area contributed by atoms with Crippen molar-refractivity contribution in [1.29, 1.82) is 0 Å². The van der Waals surface area contributed by atoms with Crippen LogP contribution in [-0.4, -0.2) is 28.1 Å². The minimum absolute atomic E-state index is 0.0104. The summed E-state index contributed by atoms with van der Waals surface area (Å²) in [5, 5.41) is 0. The highest BCUT2D eigenvalue weighted by Gasteiger charge is 2.37. The van der Waals surface area contributed by atoms with E-state index >= 15 is 0 Å². The van der Waals surface area contributed by atoms with Gasteiger partial charge in [-0.05, 0) is 25.5 Å². The number of rotatable bonds is 3. The molecule has 4 nitrogen and oxygen atoms in total. The largest absolute Gasteiger partial charge is 0.444 e. The molecule has 1 amide bonds. The SMILES string of the molecule is CC[C@H]1OC(=O)N(Cc2ccccn2)[C@@H]1C. The van der Waals surface area contributed by atoms with Gasteiger partial charge in [0, 0.05) is 6.20 Å². The second-order valence-electron chi connectivity index (χ2n) is 4.02. The zero-order valence-corrected chi connectivity index (χ0v) is 9.59. The molecule has 0 saturated carbocycles. The van der Waals surface area contributed by atoms with Crippen LogP contribution in [0.15, 0.2) is 24.4 Å². The quantitative estimate of drug-likeness (QED) is 0.784. The molecule has 2 rings (SSSR count). The van der Waals surface area contributed by atoms with Crippen molar-refractivity contribution >= 4 is 6.09 Å². The first-order valence-electron chi connectivity index (χ1n) is 5.59. The molecule has 1 aliphatic rings. The average molecular weight is 220 g/mol. The van der Waals surface area contributed by atoms with E-state index in [0.29, 0.717) is 6.54 Å². The summed E-state index contributed by atoms with van der Waals surface area (Å²) >= 11 is 0. The molecule has 0 aromatic carbocycles. The highest BCUT2D eigenvalue weighted by Crippen LogP contribution is 2.22. The van der Waals surface area contributed by atoms with E-state index in [1.165, 1.54) is 0 Å². The van der Waals surface area contributed by atoms with Crippen LogP contribution < -0.4 is 0 Å². The Labute approximate surface area is 95.2 Å². The van der Waals surface area contributed by atoms with Gasteiger partial charge in [-0.25, -0.2) is 4.79 Å². The fourth-order valence-electron chi connectivity index (χ4n) is 1.96. The molecule has 0 N–H and O–H groups in total. The number of ether oxygens (including phenoxy) is 1. The number of pyridine rings is 1. The summed E-state index contributed by atoms with van der Waals surface area (Å²) in [4.78, 5) is 17.6. The Balaban J connectivity index is 2.08. The Morgan fingerprint density at radius 3 is 2.88 bits per heavy atom. The summed E-state index contributed by atoms with van der Waals surface area (Å²) in [5.41, 5.74) is 0.892. The predicted octanol–water partition coefficient (Wildman–Crippen LogP) is 2.20. The summed E-state index contributed by atoms with van der Waals surface area (Å²) in [6, 6.07) is 5.83. The Morgan fingerprint density at radius 2 is 2.31 bits per heavy atom. The van der Waals surface area contributed by atoms with Gasteiger partial charge in [0.25, 0.3) is 0 Å². The molecule has 86 valence electrons. The minimum atomic E-state index is -0.231. The van der Waals surface area contributed by atoms with Crippen LogP contribution in [0.25, 0.3) is 0 Å². The van der Waals surface area contributed by atoms with Crippen LogP contribution in [0.5, 0.6) is 0 Å². The second-order valence-corrected chi connectivity index (χ2v) is 4.02. The lowest BCUT2D eigenvalue weighted by atomic mass is 10.1. The van der Waals surface area contributed by atoms with Gasteiger partial charge in [-0.15, -0.1) is 0 Å². The fourth-order valence-corrected chi connectivity index (χ4v) is 1.96. The van der Waals surface area contributed by atoms with Crippen LogP contribution in [0, 0.1) is 0 Å². The van der Waals surface area contributed by atoms with Crippen LogP contribution in [0.3, 0.4) is 0 Å². The van der Waals surface area contributed by atoms with Crippen molar-refractivity contribution in [3.05, 3.63) is 30.1 Å². The van der Waals surface area contributed by atoms with Gasteiger partial charge in [0.15, 0.2) is 0 Å². The van der Waals surface area contributed by atoms with E-state index in [2.05, 4.69) is 4.98 Å². The number of carbonyl (C=O) groups excluding carboxylic acids is 1. The van der Waals surface area contributed by atoms with E-state index in [1.54, 1.807) is 11.1 Å². The number of cyclic esters (lactones) is 1. The maximum atomic E-state index is 11.6. The second kappa shape index (κ2) is 4.51. The number of carbonyl (C=O) groups is 1. The molecule has 1 aromatic heterocycles. The molecule has 0 aliphatic carbocycles. The van der Waals surface area contributed by atoms with Crippen LogP contribution >= 0.6 is 0 Å². The Bertz CT molecular complexity index is 367. The molecular formula is C12H16N2O2. The molecule has 2 atom stereocenters. The van der Waals surface area contributed by atoms with E-state index in [0.717, 1.165) is 12.1 Å². The molecule has 0 radical (unpaired) electrons. The van der Waals surface area contributed by atoms with Gasteiger partial charge in [-0.3, -0.25) is 9.88 Å². The van der Waals surface area contributed by atoms with Crippen molar-refractivity contribution in [2.45, 2.75) is 39.0 Å². The first kappa shape index (κ1) is 10.9. The first-order chi connectivity index (χ1) is 7.72. The van der Waals surface area contributed by atoms with Crippen molar-refractivity contribution in [3.8, 4) is 0 Å². The number of hydrogen-bond donors (Lipinski definition) is 0. The molecule has 16 heavy (non-hydrogen) atoms. The highest BCUT2D eigenvalue weighted by atomic mass is 16.6.